The Morgan fingerprint density at radius 1 is 1.17 bits per heavy atom. The summed E-state index contributed by atoms with van der Waals surface area (Å²) in [7, 11) is 2.52. The SMILES string of the molecule is COc1c(-c2cnoc2N)cc(F)c(F)c1OC. The molecule has 0 fully saturated rings. The largest absolute Gasteiger partial charge is 0.492 e. The van der Waals surface area contributed by atoms with Crippen LogP contribution in [0.4, 0.5) is 14.7 Å². The van der Waals surface area contributed by atoms with Gasteiger partial charge in [-0.25, -0.2) is 4.39 Å². The van der Waals surface area contributed by atoms with Crippen LogP contribution in [0.5, 0.6) is 11.5 Å². The number of hydrogen-bond donors (Lipinski definition) is 1. The van der Waals surface area contributed by atoms with Crippen LogP contribution >= 0.6 is 0 Å². The molecule has 0 saturated carbocycles. The summed E-state index contributed by atoms with van der Waals surface area (Å²) < 4.78 is 41.5. The molecule has 0 amide bonds. The number of rotatable bonds is 3. The third kappa shape index (κ3) is 1.73. The number of benzene rings is 1. The third-order valence-corrected chi connectivity index (χ3v) is 2.43. The van der Waals surface area contributed by atoms with E-state index in [0.29, 0.717) is 5.56 Å². The fraction of sp³-hybridized carbons (Fsp3) is 0.182. The van der Waals surface area contributed by atoms with Crippen molar-refractivity contribution in [2.75, 3.05) is 20.0 Å². The lowest BCUT2D eigenvalue weighted by atomic mass is 10.1. The van der Waals surface area contributed by atoms with Crippen LogP contribution in [-0.4, -0.2) is 19.4 Å². The first kappa shape index (κ1) is 12.2. The highest BCUT2D eigenvalue weighted by Crippen LogP contribution is 2.42. The smallest absolute Gasteiger partial charge is 0.230 e. The minimum Gasteiger partial charge on any atom is -0.492 e. The van der Waals surface area contributed by atoms with Crippen LogP contribution in [0.3, 0.4) is 0 Å². The van der Waals surface area contributed by atoms with Gasteiger partial charge < -0.3 is 19.7 Å². The predicted molar refractivity (Wildman–Crippen MR) is 59.4 cm³/mol. The Bertz CT molecular complexity index is 584. The van der Waals surface area contributed by atoms with Gasteiger partial charge in [-0.3, -0.25) is 0 Å². The van der Waals surface area contributed by atoms with E-state index >= 15 is 0 Å². The summed E-state index contributed by atoms with van der Waals surface area (Å²) >= 11 is 0. The molecular formula is C11H10F2N2O3. The van der Waals surface area contributed by atoms with Gasteiger partial charge in [0.1, 0.15) is 0 Å². The number of ether oxygens (including phenoxy) is 2. The summed E-state index contributed by atoms with van der Waals surface area (Å²) in [5.74, 6) is -2.56. The van der Waals surface area contributed by atoms with Crippen LogP contribution in [0.1, 0.15) is 0 Å². The molecule has 0 bridgehead atoms. The van der Waals surface area contributed by atoms with E-state index in [9.17, 15) is 8.78 Å². The summed E-state index contributed by atoms with van der Waals surface area (Å²) in [6, 6.07) is 0.944. The molecule has 96 valence electrons. The van der Waals surface area contributed by atoms with Crippen molar-refractivity contribution in [1.29, 1.82) is 0 Å². The highest BCUT2D eigenvalue weighted by atomic mass is 19.2. The number of aromatic nitrogens is 1. The summed E-state index contributed by atoms with van der Waals surface area (Å²) in [6.45, 7) is 0. The first-order valence-electron chi connectivity index (χ1n) is 4.90. The van der Waals surface area contributed by atoms with Crippen molar-refractivity contribution in [1.82, 2.24) is 5.16 Å². The van der Waals surface area contributed by atoms with E-state index in [0.717, 1.165) is 6.07 Å². The lowest BCUT2D eigenvalue weighted by Crippen LogP contribution is -1.99. The Hall–Kier alpha value is -2.31. The van der Waals surface area contributed by atoms with Crippen LogP contribution in [-0.2, 0) is 0 Å². The number of nitrogens with zero attached hydrogens (tertiary/aromatic N) is 1. The molecule has 7 heteroatoms. The topological polar surface area (TPSA) is 70.5 Å². The Kier molecular flexibility index (Phi) is 3.05. The second kappa shape index (κ2) is 4.52. The number of anilines is 1. The van der Waals surface area contributed by atoms with Crippen molar-refractivity contribution in [2.45, 2.75) is 0 Å². The number of halogens is 2. The highest BCUT2D eigenvalue weighted by Gasteiger charge is 2.23. The lowest BCUT2D eigenvalue weighted by molar-refractivity contribution is 0.329. The van der Waals surface area contributed by atoms with E-state index in [-0.39, 0.29) is 22.9 Å². The number of nitrogen functional groups attached to an aromatic ring is 1. The molecule has 0 radical (unpaired) electrons. The molecule has 1 aromatic heterocycles. The second-order valence-corrected chi connectivity index (χ2v) is 3.39. The van der Waals surface area contributed by atoms with Gasteiger partial charge in [-0.15, -0.1) is 0 Å². The molecule has 0 aliphatic rings. The minimum atomic E-state index is -1.13. The van der Waals surface area contributed by atoms with E-state index in [1.807, 2.05) is 0 Å². The van der Waals surface area contributed by atoms with Crippen molar-refractivity contribution in [3.05, 3.63) is 23.9 Å². The van der Waals surface area contributed by atoms with E-state index in [1.54, 1.807) is 0 Å². The number of nitrogens with two attached hydrogens (primary N) is 1. The monoisotopic (exact) mass is 256 g/mol. The highest BCUT2D eigenvalue weighted by molar-refractivity contribution is 5.79. The molecule has 0 atom stereocenters. The van der Waals surface area contributed by atoms with Gasteiger partial charge in [0.2, 0.25) is 17.5 Å². The maximum atomic E-state index is 13.5. The molecule has 1 aromatic carbocycles. The molecule has 2 rings (SSSR count). The van der Waals surface area contributed by atoms with Gasteiger partial charge in [-0.2, -0.15) is 4.39 Å². The zero-order valence-corrected chi connectivity index (χ0v) is 9.66. The molecule has 0 unspecified atom stereocenters. The maximum absolute atomic E-state index is 13.5. The normalized spacial score (nSPS) is 10.4. The van der Waals surface area contributed by atoms with Crippen LogP contribution in [0.25, 0.3) is 11.1 Å². The van der Waals surface area contributed by atoms with Crippen LogP contribution in [0, 0.1) is 11.6 Å². The Morgan fingerprint density at radius 3 is 2.33 bits per heavy atom. The zero-order valence-electron chi connectivity index (χ0n) is 9.66. The maximum Gasteiger partial charge on any atom is 0.230 e. The molecule has 1 heterocycles. The first-order valence-corrected chi connectivity index (χ1v) is 4.90. The average Bonchev–Trinajstić information content (AvgIpc) is 2.78. The van der Waals surface area contributed by atoms with Gasteiger partial charge in [0.15, 0.2) is 11.6 Å². The average molecular weight is 256 g/mol. The van der Waals surface area contributed by atoms with Crippen LogP contribution < -0.4 is 15.2 Å². The van der Waals surface area contributed by atoms with Crippen molar-refractivity contribution < 1.29 is 22.8 Å². The summed E-state index contributed by atoms with van der Waals surface area (Å²) in [5.41, 5.74) is 6.03. The second-order valence-electron chi connectivity index (χ2n) is 3.39. The zero-order chi connectivity index (χ0) is 13.3. The standard InChI is InChI=1S/C11H10F2N2O3/c1-16-9-5(6-4-15-18-11(6)14)3-7(12)8(13)10(9)17-2/h3-4H,14H2,1-2H3. The van der Waals surface area contributed by atoms with E-state index in [1.165, 1.54) is 20.4 Å². The molecule has 0 aliphatic heterocycles. The van der Waals surface area contributed by atoms with Crippen LogP contribution in [0.2, 0.25) is 0 Å². The van der Waals surface area contributed by atoms with E-state index in [2.05, 4.69) is 9.68 Å². The lowest BCUT2D eigenvalue weighted by Gasteiger charge is -2.13. The fourth-order valence-electron chi connectivity index (χ4n) is 1.62. The van der Waals surface area contributed by atoms with Gasteiger partial charge >= 0.3 is 0 Å². The van der Waals surface area contributed by atoms with Gasteiger partial charge in [-0.05, 0) is 6.07 Å². The van der Waals surface area contributed by atoms with Gasteiger partial charge in [0.25, 0.3) is 0 Å². The number of methoxy groups -OCH3 is 2. The molecule has 0 aliphatic carbocycles. The molecule has 18 heavy (non-hydrogen) atoms. The van der Waals surface area contributed by atoms with E-state index < -0.39 is 11.6 Å². The van der Waals surface area contributed by atoms with Crippen molar-refractivity contribution in [2.24, 2.45) is 0 Å². The van der Waals surface area contributed by atoms with E-state index in [4.69, 9.17) is 15.2 Å². The quantitative estimate of drug-likeness (QED) is 0.911. The number of hydrogen-bond acceptors (Lipinski definition) is 5. The fourth-order valence-corrected chi connectivity index (χ4v) is 1.62. The minimum absolute atomic E-state index is 0.0197. The summed E-state index contributed by atoms with van der Waals surface area (Å²) in [5, 5.41) is 3.47. The predicted octanol–water partition coefficient (Wildman–Crippen LogP) is 2.22. The van der Waals surface area contributed by atoms with Crippen molar-refractivity contribution in [3.63, 3.8) is 0 Å². The van der Waals surface area contributed by atoms with Gasteiger partial charge in [0.05, 0.1) is 26.0 Å². The molecule has 2 aromatic rings. The molecular weight excluding hydrogens is 246 g/mol. The van der Waals surface area contributed by atoms with Crippen LogP contribution in [0.15, 0.2) is 16.8 Å². The summed E-state index contributed by atoms with van der Waals surface area (Å²) in [6.07, 6.45) is 1.28. The summed E-state index contributed by atoms with van der Waals surface area (Å²) in [4.78, 5) is 0. The molecule has 5 nitrogen and oxygen atoms in total. The molecule has 2 N–H and O–H groups in total. The first-order chi connectivity index (χ1) is 8.60. The molecule has 0 spiro atoms. The van der Waals surface area contributed by atoms with Gasteiger partial charge in [0, 0.05) is 5.56 Å². The molecule has 0 saturated heterocycles. The Balaban J connectivity index is 2.75. The Labute approximate surface area is 101 Å². The third-order valence-electron chi connectivity index (χ3n) is 2.43. The van der Waals surface area contributed by atoms with Gasteiger partial charge in [-0.1, -0.05) is 5.16 Å². The Morgan fingerprint density at radius 2 is 1.83 bits per heavy atom. The van der Waals surface area contributed by atoms with Crippen molar-refractivity contribution in [3.8, 4) is 22.6 Å². The van der Waals surface area contributed by atoms with Crippen molar-refractivity contribution >= 4 is 5.88 Å².